The minimum absolute atomic E-state index is 0.755. The van der Waals surface area contributed by atoms with Gasteiger partial charge in [0.05, 0.1) is 11.1 Å². The van der Waals surface area contributed by atoms with Crippen LogP contribution in [0.25, 0.3) is 0 Å². The first-order chi connectivity index (χ1) is 8.79. The van der Waals surface area contributed by atoms with E-state index >= 15 is 0 Å². The van der Waals surface area contributed by atoms with Gasteiger partial charge in [0, 0.05) is 18.3 Å². The van der Waals surface area contributed by atoms with E-state index in [-0.39, 0.29) is 0 Å². The van der Waals surface area contributed by atoms with Crippen molar-refractivity contribution in [2.45, 2.75) is 32.4 Å². The summed E-state index contributed by atoms with van der Waals surface area (Å²) in [4.78, 5) is 0. The van der Waals surface area contributed by atoms with Gasteiger partial charge in [-0.15, -0.1) is 0 Å². The van der Waals surface area contributed by atoms with Gasteiger partial charge in [0.2, 0.25) is 0 Å². The Morgan fingerprint density at radius 3 is 2.94 bits per heavy atom. The van der Waals surface area contributed by atoms with Gasteiger partial charge < -0.3 is 10.1 Å². The molecule has 1 aliphatic carbocycles. The van der Waals surface area contributed by atoms with Gasteiger partial charge in [-0.2, -0.15) is 11.8 Å². The van der Waals surface area contributed by atoms with Crippen molar-refractivity contribution in [3.05, 3.63) is 28.2 Å². The van der Waals surface area contributed by atoms with Gasteiger partial charge in [-0.1, -0.05) is 13.0 Å². The minimum Gasteiger partial charge on any atom is -0.492 e. The fraction of sp³-hybridized carbons (Fsp3) is 0.571. The molecule has 0 saturated heterocycles. The predicted octanol–water partition coefficient (Wildman–Crippen LogP) is 3.83. The Balaban J connectivity index is 1.79. The van der Waals surface area contributed by atoms with Crippen molar-refractivity contribution in [3.8, 4) is 5.75 Å². The molecule has 0 aromatic heterocycles. The highest BCUT2D eigenvalue weighted by atomic mass is 79.9. The average Bonchev–Trinajstić information content (AvgIpc) is 3.18. The quantitative estimate of drug-likeness (QED) is 0.732. The lowest BCUT2D eigenvalue weighted by Crippen LogP contribution is -2.15. The zero-order chi connectivity index (χ0) is 12.8. The fourth-order valence-electron chi connectivity index (χ4n) is 1.68. The largest absolute Gasteiger partial charge is 0.492 e. The van der Waals surface area contributed by atoms with Gasteiger partial charge in [0.25, 0.3) is 0 Å². The molecule has 2 nitrogen and oxygen atoms in total. The summed E-state index contributed by atoms with van der Waals surface area (Å²) >= 11 is 5.48. The summed E-state index contributed by atoms with van der Waals surface area (Å²) in [5.74, 6) is 3.14. The van der Waals surface area contributed by atoms with Crippen LogP contribution in [0.5, 0.6) is 5.75 Å². The number of nitrogens with one attached hydrogen (secondary N) is 1. The molecule has 0 aliphatic heterocycles. The van der Waals surface area contributed by atoms with Crippen LogP contribution in [0, 0.1) is 0 Å². The van der Waals surface area contributed by atoms with E-state index in [1.165, 1.54) is 18.4 Å². The Morgan fingerprint density at radius 1 is 1.44 bits per heavy atom. The Kier molecular flexibility index (Phi) is 5.86. The van der Waals surface area contributed by atoms with Gasteiger partial charge >= 0.3 is 0 Å². The number of halogens is 1. The van der Waals surface area contributed by atoms with Crippen LogP contribution in [0.1, 0.15) is 25.3 Å². The molecule has 0 atom stereocenters. The van der Waals surface area contributed by atoms with Crippen LogP contribution in [0.3, 0.4) is 0 Å². The normalized spacial score (nSPS) is 14.8. The maximum absolute atomic E-state index is 5.74. The summed E-state index contributed by atoms with van der Waals surface area (Å²) in [5.41, 5.74) is 1.31. The van der Waals surface area contributed by atoms with Crippen molar-refractivity contribution in [3.63, 3.8) is 0 Å². The van der Waals surface area contributed by atoms with Crippen LogP contribution in [-0.2, 0) is 6.54 Å². The minimum atomic E-state index is 0.755. The second-order valence-electron chi connectivity index (χ2n) is 4.47. The molecule has 1 fully saturated rings. The van der Waals surface area contributed by atoms with Crippen molar-refractivity contribution in [1.29, 1.82) is 0 Å². The van der Waals surface area contributed by atoms with Crippen LogP contribution in [0.4, 0.5) is 0 Å². The predicted molar refractivity (Wildman–Crippen MR) is 82.5 cm³/mol. The molecule has 0 unspecified atom stereocenters. The van der Waals surface area contributed by atoms with E-state index < -0.39 is 0 Å². The van der Waals surface area contributed by atoms with E-state index in [0.29, 0.717) is 0 Å². The van der Waals surface area contributed by atoms with Gasteiger partial charge in [0.1, 0.15) is 5.75 Å². The Bertz CT molecular complexity index is 382. The van der Waals surface area contributed by atoms with E-state index in [1.54, 1.807) is 0 Å². The summed E-state index contributed by atoms with van der Waals surface area (Å²) in [5, 5.41) is 3.51. The summed E-state index contributed by atoms with van der Waals surface area (Å²) in [6, 6.07) is 7.11. The third-order valence-corrected chi connectivity index (χ3v) is 4.34. The Hall–Kier alpha value is -0.190. The number of hydrogen-bond acceptors (Lipinski definition) is 3. The fourth-order valence-corrected chi connectivity index (χ4v) is 2.71. The smallest absolute Gasteiger partial charge is 0.133 e. The summed E-state index contributed by atoms with van der Waals surface area (Å²) in [7, 11) is 0. The molecule has 1 aromatic carbocycles. The summed E-state index contributed by atoms with van der Waals surface area (Å²) in [6.45, 7) is 3.90. The molecule has 2 rings (SSSR count). The van der Waals surface area contributed by atoms with Gasteiger partial charge in [-0.3, -0.25) is 0 Å². The van der Waals surface area contributed by atoms with Gasteiger partial charge in [-0.05, 0) is 52.2 Å². The van der Waals surface area contributed by atoms with E-state index in [0.717, 1.165) is 40.9 Å². The first-order valence-corrected chi connectivity index (χ1v) is 8.46. The highest BCUT2D eigenvalue weighted by Gasteiger charge is 2.19. The zero-order valence-electron chi connectivity index (χ0n) is 10.7. The average molecular weight is 330 g/mol. The topological polar surface area (TPSA) is 21.3 Å². The molecule has 4 heteroatoms. The lowest BCUT2D eigenvalue weighted by atomic mass is 10.2. The molecule has 1 aromatic rings. The third kappa shape index (κ3) is 4.82. The number of rotatable bonds is 8. The molecule has 0 spiro atoms. The summed E-state index contributed by atoms with van der Waals surface area (Å²) < 4.78 is 6.80. The lowest BCUT2D eigenvalue weighted by molar-refractivity contribution is 0.341. The van der Waals surface area contributed by atoms with Crippen molar-refractivity contribution < 1.29 is 4.74 Å². The molecule has 100 valence electrons. The lowest BCUT2D eigenvalue weighted by Gasteiger charge is -2.10. The van der Waals surface area contributed by atoms with Crippen LogP contribution < -0.4 is 10.1 Å². The van der Waals surface area contributed by atoms with Crippen molar-refractivity contribution in [2.24, 2.45) is 0 Å². The maximum Gasteiger partial charge on any atom is 0.133 e. The Labute approximate surface area is 122 Å². The molecular formula is C14H20BrNOS. The summed E-state index contributed by atoms with van der Waals surface area (Å²) in [6.07, 6.45) is 2.66. The van der Waals surface area contributed by atoms with E-state index in [4.69, 9.17) is 4.74 Å². The van der Waals surface area contributed by atoms with E-state index in [1.807, 2.05) is 11.8 Å². The van der Waals surface area contributed by atoms with Crippen molar-refractivity contribution in [1.82, 2.24) is 5.32 Å². The number of hydrogen-bond donors (Lipinski definition) is 1. The highest BCUT2D eigenvalue weighted by Crippen LogP contribution is 2.27. The molecule has 0 amide bonds. The third-order valence-electron chi connectivity index (χ3n) is 2.86. The van der Waals surface area contributed by atoms with Gasteiger partial charge in [-0.25, -0.2) is 0 Å². The van der Waals surface area contributed by atoms with Gasteiger partial charge in [0.15, 0.2) is 0 Å². The molecule has 18 heavy (non-hydrogen) atoms. The second-order valence-corrected chi connectivity index (χ2v) is 6.71. The second kappa shape index (κ2) is 7.41. The standard InChI is InChI=1S/C14H20BrNOS/c1-2-18-8-7-17-14-6-3-11(9-13(14)15)10-16-12-4-5-12/h3,6,9,12,16H,2,4-5,7-8,10H2,1H3. The van der Waals surface area contributed by atoms with Crippen LogP contribution >= 0.6 is 27.7 Å². The SMILES string of the molecule is CCSCCOc1ccc(CNC2CC2)cc1Br. The van der Waals surface area contributed by atoms with Crippen molar-refractivity contribution >= 4 is 27.7 Å². The monoisotopic (exact) mass is 329 g/mol. The zero-order valence-corrected chi connectivity index (χ0v) is 13.1. The first kappa shape index (κ1) is 14.2. The number of benzene rings is 1. The molecule has 0 radical (unpaired) electrons. The molecule has 0 heterocycles. The highest BCUT2D eigenvalue weighted by molar-refractivity contribution is 9.10. The first-order valence-electron chi connectivity index (χ1n) is 6.52. The van der Waals surface area contributed by atoms with E-state index in [9.17, 15) is 0 Å². The molecular weight excluding hydrogens is 310 g/mol. The van der Waals surface area contributed by atoms with Crippen LogP contribution in [-0.4, -0.2) is 24.2 Å². The molecule has 1 aliphatic rings. The molecule has 1 N–H and O–H groups in total. The van der Waals surface area contributed by atoms with E-state index in [2.05, 4.69) is 46.4 Å². The number of thioether (sulfide) groups is 1. The van der Waals surface area contributed by atoms with Crippen LogP contribution in [0.2, 0.25) is 0 Å². The van der Waals surface area contributed by atoms with Crippen LogP contribution in [0.15, 0.2) is 22.7 Å². The Morgan fingerprint density at radius 2 is 2.28 bits per heavy atom. The molecule has 1 saturated carbocycles. The number of ether oxygens (including phenoxy) is 1. The van der Waals surface area contributed by atoms with Crippen molar-refractivity contribution in [2.75, 3.05) is 18.1 Å². The maximum atomic E-state index is 5.74. The molecule has 0 bridgehead atoms.